The minimum absolute atomic E-state index is 0.124. The van der Waals surface area contributed by atoms with Gasteiger partial charge in [0.25, 0.3) is 5.91 Å². The van der Waals surface area contributed by atoms with E-state index in [0.29, 0.717) is 25.8 Å². The van der Waals surface area contributed by atoms with E-state index in [9.17, 15) is 4.79 Å². The molecule has 1 aromatic carbocycles. The summed E-state index contributed by atoms with van der Waals surface area (Å²) in [6, 6.07) is 10.9. The number of thioether (sulfide) groups is 1. The van der Waals surface area contributed by atoms with Crippen LogP contribution in [0.25, 0.3) is 17.4 Å². The fourth-order valence-corrected chi connectivity index (χ4v) is 3.54. The van der Waals surface area contributed by atoms with Crippen molar-refractivity contribution in [2.24, 2.45) is 0 Å². The predicted octanol–water partition coefficient (Wildman–Crippen LogP) is 3.79. The summed E-state index contributed by atoms with van der Waals surface area (Å²) >= 11 is 12.2. The largest absolute Gasteiger partial charge is 0.457 e. The number of thiocarbonyl (C=S) groups is 1. The van der Waals surface area contributed by atoms with Crippen LogP contribution in [-0.4, -0.2) is 33.4 Å². The van der Waals surface area contributed by atoms with Gasteiger partial charge < -0.3 is 9.52 Å². The molecule has 1 aliphatic heterocycles. The minimum atomic E-state index is -0.210. The number of benzene rings is 1. The van der Waals surface area contributed by atoms with Crippen molar-refractivity contribution in [3.05, 3.63) is 52.1 Å². The first-order valence-corrected chi connectivity index (χ1v) is 8.41. The van der Waals surface area contributed by atoms with Crippen molar-refractivity contribution in [3.63, 3.8) is 0 Å². The molecule has 0 saturated carbocycles. The van der Waals surface area contributed by atoms with Gasteiger partial charge in [0.15, 0.2) is 0 Å². The Morgan fingerprint density at radius 1 is 1.26 bits per heavy atom. The Morgan fingerprint density at radius 2 is 2.00 bits per heavy atom. The lowest BCUT2D eigenvalue weighted by Crippen LogP contribution is -2.30. The highest BCUT2D eigenvalue weighted by Gasteiger charge is 2.31. The van der Waals surface area contributed by atoms with Gasteiger partial charge in [-0.05, 0) is 36.4 Å². The summed E-state index contributed by atoms with van der Waals surface area (Å²) in [5.41, 5.74) is 0.905. The van der Waals surface area contributed by atoms with Crippen molar-refractivity contribution in [1.29, 1.82) is 0 Å². The maximum atomic E-state index is 12.2. The normalized spacial score (nSPS) is 16.6. The fraction of sp³-hybridized carbons (Fsp3) is 0.125. The standard InChI is InChI=1S/C16H12ClNO3S2/c17-11-3-1-10(2-4-11)13-6-5-12(21-13)9-14-15(20)18(7-8-19)16(22)23-14/h1-6,9,19H,7-8H2. The molecule has 1 aliphatic rings. The third-order valence-electron chi connectivity index (χ3n) is 3.23. The van der Waals surface area contributed by atoms with Crippen LogP contribution in [0.1, 0.15) is 5.76 Å². The van der Waals surface area contributed by atoms with Crippen LogP contribution < -0.4 is 0 Å². The molecule has 1 saturated heterocycles. The average Bonchev–Trinajstić information content (AvgIpc) is 3.09. The zero-order valence-corrected chi connectivity index (χ0v) is 14.2. The van der Waals surface area contributed by atoms with E-state index in [1.165, 1.54) is 16.7 Å². The molecule has 0 aliphatic carbocycles. The van der Waals surface area contributed by atoms with Crippen LogP contribution in [0.4, 0.5) is 0 Å². The lowest BCUT2D eigenvalue weighted by atomic mass is 10.2. The molecule has 1 N–H and O–H groups in total. The second-order valence-corrected chi connectivity index (χ2v) is 6.88. The van der Waals surface area contributed by atoms with Gasteiger partial charge in [0, 0.05) is 16.7 Å². The first kappa shape index (κ1) is 16.3. The van der Waals surface area contributed by atoms with Crippen LogP contribution in [0.3, 0.4) is 0 Å². The summed E-state index contributed by atoms with van der Waals surface area (Å²) in [7, 11) is 0. The van der Waals surface area contributed by atoms with Crippen LogP contribution >= 0.6 is 35.6 Å². The van der Waals surface area contributed by atoms with Crippen LogP contribution in [0.15, 0.2) is 45.7 Å². The van der Waals surface area contributed by atoms with Crippen molar-refractivity contribution in [2.75, 3.05) is 13.2 Å². The molecule has 0 unspecified atom stereocenters. The number of β-amino-alcohol motifs (C(OH)–C–C–N with tert-alkyl or cyclic N) is 1. The monoisotopic (exact) mass is 365 g/mol. The van der Waals surface area contributed by atoms with Crippen molar-refractivity contribution in [2.45, 2.75) is 0 Å². The second kappa shape index (κ2) is 6.88. The molecule has 2 aromatic rings. The van der Waals surface area contributed by atoms with E-state index in [0.717, 1.165) is 5.56 Å². The number of carbonyl (C=O) groups excluding carboxylic acids is 1. The average molecular weight is 366 g/mol. The highest BCUT2D eigenvalue weighted by Crippen LogP contribution is 2.33. The second-order valence-electron chi connectivity index (χ2n) is 4.77. The topological polar surface area (TPSA) is 53.7 Å². The van der Waals surface area contributed by atoms with Crippen molar-refractivity contribution in [3.8, 4) is 11.3 Å². The lowest BCUT2D eigenvalue weighted by Gasteiger charge is -2.11. The molecule has 3 rings (SSSR count). The van der Waals surface area contributed by atoms with Gasteiger partial charge in [0.1, 0.15) is 15.8 Å². The van der Waals surface area contributed by atoms with Gasteiger partial charge in [-0.1, -0.05) is 35.6 Å². The molecule has 2 heterocycles. The molecule has 1 aromatic heterocycles. The zero-order chi connectivity index (χ0) is 16.4. The molecule has 0 spiro atoms. The SMILES string of the molecule is O=C1C(=Cc2ccc(-c3ccc(Cl)cc3)o2)SC(=S)N1CCO. The van der Waals surface area contributed by atoms with Crippen molar-refractivity contribution in [1.82, 2.24) is 4.90 Å². The summed E-state index contributed by atoms with van der Waals surface area (Å²) in [6.45, 7) is 0.0807. The highest BCUT2D eigenvalue weighted by atomic mass is 35.5. The molecule has 0 atom stereocenters. The van der Waals surface area contributed by atoms with Gasteiger partial charge in [0.05, 0.1) is 18.1 Å². The maximum Gasteiger partial charge on any atom is 0.266 e. The van der Waals surface area contributed by atoms with Gasteiger partial charge >= 0.3 is 0 Å². The number of nitrogens with zero attached hydrogens (tertiary/aromatic N) is 1. The number of amides is 1. The number of carbonyl (C=O) groups is 1. The number of halogens is 1. The Hall–Kier alpha value is -1.60. The molecule has 1 amide bonds. The van der Waals surface area contributed by atoms with Gasteiger partial charge in [-0.15, -0.1) is 0 Å². The van der Waals surface area contributed by atoms with Gasteiger partial charge in [0.2, 0.25) is 0 Å². The molecule has 7 heteroatoms. The predicted molar refractivity (Wildman–Crippen MR) is 96.1 cm³/mol. The number of hydrogen-bond acceptors (Lipinski definition) is 5. The molecule has 0 radical (unpaired) electrons. The van der Waals surface area contributed by atoms with Crippen LogP contribution in [0.5, 0.6) is 0 Å². The number of aliphatic hydroxyl groups excluding tert-OH is 1. The Bertz CT molecular complexity index is 783. The first-order valence-electron chi connectivity index (χ1n) is 6.80. The van der Waals surface area contributed by atoms with E-state index in [2.05, 4.69) is 0 Å². The Morgan fingerprint density at radius 3 is 2.70 bits per heavy atom. The summed E-state index contributed by atoms with van der Waals surface area (Å²) < 4.78 is 6.20. The molecule has 1 fully saturated rings. The Labute approximate surface area is 147 Å². The quantitative estimate of drug-likeness (QED) is 0.659. The molecular formula is C16H12ClNO3S2. The summed E-state index contributed by atoms with van der Waals surface area (Å²) in [4.78, 5) is 14.1. The smallest absolute Gasteiger partial charge is 0.266 e. The lowest BCUT2D eigenvalue weighted by molar-refractivity contribution is -0.122. The van der Waals surface area contributed by atoms with Crippen molar-refractivity contribution >= 4 is 51.9 Å². The van der Waals surface area contributed by atoms with E-state index < -0.39 is 0 Å². The Kier molecular flexibility index (Phi) is 4.87. The van der Waals surface area contributed by atoms with E-state index >= 15 is 0 Å². The summed E-state index contributed by atoms with van der Waals surface area (Å²) in [6.07, 6.45) is 1.66. The van der Waals surface area contributed by atoms with Gasteiger partial charge in [-0.3, -0.25) is 9.69 Å². The third kappa shape index (κ3) is 3.50. The summed E-state index contributed by atoms with van der Waals surface area (Å²) in [5.74, 6) is 1.05. The fourth-order valence-electron chi connectivity index (χ4n) is 2.12. The molecule has 23 heavy (non-hydrogen) atoms. The van der Waals surface area contributed by atoms with Crippen molar-refractivity contribution < 1.29 is 14.3 Å². The molecule has 118 valence electrons. The minimum Gasteiger partial charge on any atom is -0.457 e. The highest BCUT2D eigenvalue weighted by molar-refractivity contribution is 8.26. The van der Waals surface area contributed by atoms with Gasteiger partial charge in [-0.25, -0.2) is 0 Å². The first-order chi connectivity index (χ1) is 11.1. The molecule has 0 bridgehead atoms. The van der Waals surface area contributed by atoms with Gasteiger partial charge in [-0.2, -0.15) is 0 Å². The zero-order valence-electron chi connectivity index (χ0n) is 11.9. The van der Waals surface area contributed by atoms with E-state index in [1.54, 1.807) is 24.3 Å². The number of aliphatic hydroxyl groups is 1. The van der Waals surface area contributed by atoms with Crippen LogP contribution in [0.2, 0.25) is 5.02 Å². The van der Waals surface area contributed by atoms with E-state index in [1.807, 2.05) is 18.2 Å². The molecular weight excluding hydrogens is 354 g/mol. The summed E-state index contributed by atoms with van der Waals surface area (Å²) in [5, 5.41) is 9.64. The number of furan rings is 1. The van der Waals surface area contributed by atoms with Crippen LogP contribution in [0, 0.1) is 0 Å². The van der Waals surface area contributed by atoms with E-state index in [4.69, 9.17) is 33.3 Å². The maximum absolute atomic E-state index is 12.2. The van der Waals surface area contributed by atoms with Crippen LogP contribution in [-0.2, 0) is 4.79 Å². The Balaban J connectivity index is 1.82. The number of hydrogen-bond donors (Lipinski definition) is 1. The number of rotatable bonds is 4. The van der Waals surface area contributed by atoms with E-state index in [-0.39, 0.29) is 19.1 Å². The third-order valence-corrected chi connectivity index (χ3v) is 4.86. The molecule has 4 nitrogen and oxygen atoms in total.